The highest BCUT2D eigenvalue weighted by Gasteiger charge is 2.24. The number of carbonyl (C=O) groups is 1. The van der Waals surface area contributed by atoms with E-state index >= 15 is 0 Å². The molecule has 1 heterocycles. The summed E-state index contributed by atoms with van der Waals surface area (Å²) in [6.07, 6.45) is 1.04. The maximum atomic E-state index is 11.5. The van der Waals surface area contributed by atoms with Gasteiger partial charge in [-0.15, -0.1) is 12.4 Å². The van der Waals surface area contributed by atoms with Gasteiger partial charge in [-0.05, 0) is 13.5 Å². The van der Waals surface area contributed by atoms with E-state index in [2.05, 4.69) is 22.6 Å². The number of carbonyl (C=O) groups excluding carboxylic acids is 1. The predicted octanol–water partition coefficient (Wildman–Crippen LogP) is -0.288. The van der Waals surface area contributed by atoms with Gasteiger partial charge in [0.2, 0.25) is 5.91 Å². The van der Waals surface area contributed by atoms with Gasteiger partial charge in [-0.25, -0.2) is 0 Å². The minimum atomic E-state index is 0. The number of nitrogens with one attached hydrogen (secondary N) is 2. The van der Waals surface area contributed by atoms with Crippen molar-refractivity contribution >= 4 is 18.3 Å². The van der Waals surface area contributed by atoms with E-state index in [1.54, 1.807) is 7.11 Å². The summed E-state index contributed by atoms with van der Waals surface area (Å²) < 4.78 is 4.99. The summed E-state index contributed by atoms with van der Waals surface area (Å²) in [5, 5.41) is 6.04. The molecule has 0 atom stereocenters. The quantitative estimate of drug-likeness (QED) is 0.593. The Morgan fingerprint density at radius 1 is 1.47 bits per heavy atom. The second-order valence-electron chi connectivity index (χ2n) is 4.30. The molecule has 6 heteroatoms. The molecule has 1 aliphatic heterocycles. The van der Waals surface area contributed by atoms with Gasteiger partial charge in [-0.3, -0.25) is 4.79 Å². The van der Waals surface area contributed by atoms with Crippen molar-refractivity contribution in [3.8, 4) is 0 Å². The molecule has 1 saturated heterocycles. The molecule has 0 aromatic rings. The van der Waals surface area contributed by atoms with Crippen molar-refractivity contribution in [3.05, 3.63) is 0 Å². The van der Waals surface area contributed by atoms with Crippen molar-refractivity contribution in [1.82, 2.24) is 15.5 Å². The van der Waals surface area contributed by atoms with Crippen molar-refractivity contribution in [1.29, 1.82) is 0 Å². The summed E-state index contributed by atoms with van der Waals surface area (Å²) in [7, 11) is 3.78. The van der Waals surface area contributed by atoms with Gasteiger partial charge in [-0.2, -0.15) is 0 Å². The monoisotopic (exact) mass is 265 g/mol. The van der Waals surface area contributed by atoms with E-state index < -0.39 is 0 Å². The molecule has 1 aliphatic rings. The average Bonchev–Trinajstić information content (AvgIpc) is 2.15. The molecular formula is C11H24ClN3O2. The van der Waals surface area contributed by atoms with Crippen molar-refractivity contribution in [3.63, 3.8) is 0 Å². The Kier molecular flexibility index (Phi) is 9.44. The van der Waals surface area contributed by atoms with Crippen LogP contribution in [0.1, 0.15) is 6.42 Å². The lowest BCUT2D eigenvalue weighted by Crippen LogP contribution is -2.51. The molecule has 1 fully saturated rings. The fourth-order valence-electron chi connectivity index (χ4n) is 1.58. The van der Waals surface area contributed by atoms with Crippen LogP contribution in [0.2, 0.25) is 0 Å². The molecule has 1 amide bonds. The maximum Gasteiger partial charge on any atom is 0.225 e. The fraction of sp³-hybridized carbons (Fsp3) is 0.909. The van der Waals surface area contributed by atoms with E-state index in [1.165, 1.54) is 0 Å². The van der Waals surface area contributed by atoms with Gasteiger partial charge in [0.25, 0.3) is 0 Å². The third kappa shape index (κ3) is 6.83. The molecule has 5 nitrogen and oxygen atoms in total. The lowest BCUT2D eigenvalue weighted by Gasteiger charge is -2.26. The lowest BCUT2D eigenvalue weighted by atomic mass is 10.0. The van der Waals surface area contributed by atoms with Crippen molar-refractivity contribution in [2.45, 2.75) is 6.42 Å². The van der Waals surface area contributed by atoms with E-state index in [0.29, 0.717) is 0 Å². The Morgan fingerprint density at radius 2 is 2.18 bits per heavy atom. The highest BCUT2D eigenvalue weighted by Crippen LogP contribution is 2.01. The number of nitrogens with zero attached hydrogens (tertiary/aromatic N) is 1. The number of ether oxygens (including phenoxy) is 1. The van der Waals surface area contributed by atoms with E-state index in [9.17, 15) is 4.79 Å². The van der Waals surface area contributed by atoms with Crippen LogP contribution in [0, 0.1) is 5.92 Å². The van der Waals surface area contributed by atoms with Gasteiger partial charge < -0.3 is 20.3 Å². The summed E-state index contributed by atoms with van der Waals surface area (Å²) in [6.45, 7) is 5.10. The first-order chi connectivity index (χ1) is 7.74. The van der Waals surface area contributed by atoms with E-state index in [1.807, 2.05) is 0 Å². The summed E-state index contributed by atoms with van der Waals surface area (Å²) in [5.41, 5.74) is 0. The highest BCUT2D eigenvalue weighted by atomic mass is 35.5. The summed E-state index contributed by atoms with van der Waals surface area (Å²) in [4.78, 5) is 13.7. The molecule has 2 N–H and O–H groups in total. The number of hydrogen-bond donors (Lipinski definition) is 2. The maximum absolute atomic E-state index is 11.5. The second kappa shape index (κ2) is 9.65. The van der Waals surface area contributed by atoms with Crippen LogP contribution in [0.25, 0.3) is 0 Å². The van der Waals surface area contributed by atoms with E-state index in [-0.39, 0.29) is 24.2 Å². The fourth-order valence-corrected chi connectivity index (χ4v) is 1.58. The molecule has 1 rings (SSSR count). The second-order valence-corrected chi connectivity index (χ2v) is 4.30. The van der Waals surface area contributed by atoms with Crippen molar-refractivity contribution < 1.29 is 9.53 Å². The molecule has 0 aromatic carbocycles. The first-order valence-electron chi connectivity index (χ1n) is 5.90. The van der Waals surface area contributed by atoms with Gasteiger partial charge in [0.15, 0.2) is 0 Å². The first-order valence-corrected chi connectivity index (χ1v) is 5.90. The normalized spacial score (nSPS) is 15.2. The Bertz CT molecular complexity index is 213. The van der Waals surface area contributed by atoms with Crippen LogP contribution in [0.5, 0.6) is 0 Å². The first kappa shape index (κ1) is 16.6. The van der Waals surface area contributed by atoms with E-state index in [0.717, 1.165) is 45.8 Å². The zero-order valence-corrected chi connectivity index (χ0v) is 11.5. The van der Waals surface area contributed by atoms with Crippen LogP contribution in [0.3, 0.4) is 0 Å². The summed E-state index contributed by atoms with van der Waals surface area (Å²) in [6, 6.07) is 0. The zero-order chi connectivity index (χ0) is 11.8. The molecule has 0 radical (unpaired) electrons. The molecule has 0 bridgehead atoms. The lowest BCUT2D eigenvalue weighted by molar-refractivity contribution is -0.126. The van der Waals surface area contributed by atoms with Crippen LogP contribution in [0.15, 0.2) is 0 Å². The van der Waals surface area contributed by atoms with Crippen LogP contribution in [0.4, 0.5) is 0 Å². The molecule has 0 aromatic heterocycles. The van der Waals surface area contributed by atoms with Gasteiger partial charge in [0.1, 0.15) is 0 Å². The molecule has 0 unspecified atom stereocenters. The SMILES string of the molecule is COCCCN(C)CCNC(=O)C1CNC1.Cl. The standard InChI is InChI=1S/C11H23N3O2.ClH/c1-14(5-3-7-16-2)6-4-13-11(15)10-8-12-9-10;/h10,12H,3-9H2,1-2H3,(H,13,15);1H. The minimum Gasteiger partial charge on any atom is -0.385 e. The largest absolute Gasteiger partial charge is 0.385 e. The van der Waals surface area contributed by atoms with Crippen molar-refractivity contribution in [2.75, 3.05) is 53.5 Å². The highest BCUT2D eigenvalue weighted by molar-refractivity contribution is 5.85. The molecule has 0 saturated carbocycles. The molecule has 17 heavy (non-hydrogen) atoms. The van der Waals surface area contributed by atoms with Gasteiger partial charge in [0.05, 0.1) is 5.92 Å². The Morgan fingerprint density at radius 3 is 2.71 bits per heavy atom. The number of methoxy groups -OCH3 is 1. The smallest absolute Gasteiger partial charge is 0.225 e. The number of likely N-dealkylation sites (N-methyl/N-ethyl adjacent to an activating group) is 1. The summed E-state index contributed by atoms with van der Waals surface area (Å²) >= 11 is 0. The Labute approximate surface area is 110 Å². The van der Waals surface area contributed by atoms with Crippen LogP contribution >= 0.6 is 12.4 Å². The number of rotatable bonds is 8. The summed E-state index contributed by atoms with van der Waals surface area (Å²) in [5.74, 6) is 0.378. The Hall–Kier alpha value is -0.360. The van der Waals surface area contributed by atoms with Gasteiger partial charge >= 0.3 is 0 Å². The third-order valence-corrected chi connectivity index (χ3v) is 2.83. The zero-order valence-electron chi connectivity index (χ0n) is 10.7. The molecule has 0 spiro atoms. The third-order valence-electron chi connectivity index (χ3n) is 2.83. The number of halogens is 1. The van der Waals surface area contributed by atoms with Crippen LogP contribution in [-0.4, -0.2) is 64.3 Å². The topological polar surface area (TPSA) is 53.6 Å². The van der Waals surface area contributed by atoms with E-state index in [4.69, 9.17) is 4.74 Å². The molecule has 0 aliphatic carbocycles. The van der Waals surface area contributed by atoms with Crippen molar-refractivity contribution in [2.24, 2.45) is 5.92 Å². The predicted molar refractivity (Wildman–Crippen MR) is 70.6 cm³/mol. The number of hydrogen-bond acceptors (Lipinski definition) is 4. The number of amides is 1. The van der Waals surface area contributed by atoms with Gasteiger partial charge in [-0.1, -0.05) is 0 Å². The van der Waals surface area contributed by atoms with Crippen LogP contribution in [-0.2, 0) is 9.53 Å². The Balaban J connectivity index is 0.00000256. The average molecular weight is 266 g/mol. The minimum absolute atomic E-state index is 0. The van der Waals surface area contributed by atoms with Crippen LogP contribution < -0.4 is 10.6 Å². The molecule has 102 valence electrons. The molecular weight excluding hydrogens is 242 g/mol. The van der Waals surface area contributed by atoms with Gasteiger partial charge in [0, 0.05) is 46.4 Å².